The zero-order valence-electron chi connectivity index (χ0n) is 12.6. The fraction of sp³-hybridized carbons (Fsp3) is 0.278. The molecule has 0 saturated carbocycles. The Morgan fingerprint density at radius 1 is 0.909 bits per heavy atom. The standard InChI is InChI=1S/C18H19ClN2S/c1-14-2-8-17(9-3-14)20-10-12-21(13-11-20)18(22)15-4-6-16(19)7-5-15/h2-9H,10-13H2,1H3. The second-order valence-electron chi connectivity index (χ2n) is 5.62. The minimum absolute atomic E-state index is 0.746. The van der Waals surface area contributed by atoms with E-state index in [2.05, 4.69) is 41.0 Å². The maximum absolute atomic E-state index is 5.94. The van der Waals surface area contributed by atoms with E-state index in [4.69, 9.17) is 23.8 Å². The maximum Gasteiger partial charge on any atom is 0.109 e. The second-order valence-corrected chi connectivity index (χ2v) is 6.44. The summed E-state index contributed by atoms with van der Waals surface area (Å²) in [5, 5.41) is 0.746. The van der Waals surface area contributed by atoms with Crippen molar-refractivity contribution >= 4 is 34.5 Å². The van der Waals surface area contributed by atoms with Crippen LogP contribution in [0, 0.1) is 6.92 Å². The van der Waals surface area contributed by atoms with Gasteiger partial charge >= 0.3 is 0 Å². The first-order chi connectivity index (χ1) is 10.6. The minimum atomic E-state index is 0.746. The van der Waals surface area contributed by atoms with Crippen LogP contribution in [0.4, 0.5) is 5.69 Å². The van der Waals surface area contributed by atoms with Gasteiger partial charge in [0.05, 0.1) is 0 Å². The van der Waals surface area contributed by atoms with Crippen LogP contribution in [-0.4, -0.2) is 36.1 Å². The molecule has 0 bridgehead atoms. The highest BCUT2D eigenvalue weighted by atomic mass is 35.5. The molecule has 1 saturated heterocycles. The summed E-state index contributed by atoms with van der Waals surface area (Å²) in [6, 6.07) is 16.5. The zero-order valence-corrected chi connectivity index (χ0v) is 14.2. The molecular weight excluding hydrogens is 312 g/mol. The molecule has 2 aromatic carbocycles. The third kappa shape index (κ3) is 3.42. The molecule has 3 rings (SSSR count). The number of piperazine rings is 1. The summed E-state index contributed by atoms with van der Waals surface area (Å²) in [5.41, 5.74) is 3.66. The summed E-state index contributed by atoms with van der Waals surface area (Å²) in [4.78, 5) is 5.61. The fourth-order valence-corrected chi connectivity index (χ4v) is 3.14. The number of aryl methyl sites for hydroxylation is 1. The molecule has 1 aliphatic heterocycles. The quantitative estimate of drug-likeness (QED) is 0.764. The third-order valence-corrected chi connectivity index (χ3v) is 4.80. The number of benzene rings is 2. The molecular formula is C18H19ClN2S. The van der Waals surface area contributed by atoms with Crippen molar-refractivity contribution in [3.05, 3.63) is 64.7 Å². The molecule has 0 radical (unpaired) electrons. The number of halogens is 1. The van der Waals surface area contributed by atoms with Gasteiger partial charge in [-0.25, -0.2) is 0 Å². The van der Waals surface area contributed by atoms with Gasteiger partial charge in [0.1, 0.15) is 4.99 Å². The van der Waals surface area contributed by atoms with Gasteiger partial charge in [-0.2, -0.15) is 0 Å². The lowest BCUT2D eigenvalue weighted by molar-refractivity contribution is 0.392. The first kappa shape index (κ1) is 15.3. The Bertz CT molecular complexity index is 644. The van der Waals surface area contributed by atoms with Gasteiger partial charge in [0.25, 0.3) is 0 Å². The molecule has 1 fully saturated rings. The highest BCUT2D eigenvalue weighted by Gasteiger charge is 2.19. The van der Waals surface area contributed by atoms with Gasteiger partial charge in [0.15, 0.2) is 0 Å². The average Bonchev–Trinajstić information content (AvgIpc) is 2.56. The Balaban J connectivity index is 1.62. The zero-order chi connectivity index (χ0) is 15.5. The average molecular weight is 331 g/mol. The van der Waals surface area contributed by atoms with Crippen molar-refractivity contribution in [1.82, 2.24) is 4.90 Å². The van der Waals surface area contributed by atoms with E-state index in [-0.39, 0.29) is 0 Å². The summed E-state index contributed by atoms with van der Waals surface area (Å²) in [5.74, 6) is 0. The highest BCUT2D eigenvalue weighted by molar-refractivity contribution is 7.80. The van der Waals surface area contributed by atoms with Gasteiger partial charge in [0.2, 0.25) is 0 Å². The minimum Gasteiger partial charge on any atom is -0.368 e. The van der Waals surface area contributed by atoms with E-state index >= 15 is 0 Å². The predicted octanol–water partition coefficient (Wildman–Crippen LogP) is 4.15. The number of anilines is 1. The lowest BCUT2D eigenvalue weighted by Crippen LogP contribution is -2.48. The van der Waals surface area contributed by atoms with Crippen LogP contribution in [0.25, 0.3) is 0 Å². The van der Waals surface area contributed by atoms with Gasteiger partial charge in [-0.05, 0) is 31.2 Å². The Morgan fingerprint density at radius 3 is 2.09 bits per heavy atom. The Labute approximate surface area is 142 Å². The summed E-state index contributed by atoms with van der Waals surface area (Å²) >= 11 is 11.6. The van der Waals surface area contributed by atoms with Crippen LogP contribution in [0.15, 0.2) is 48.5 Å². The van der Waals surface area contributed by atoms with Crippen LogP contribution in [0.2, 0.25) is 5.02 Å². The molecule has 0 unspecified atom stereocenters. The van der Waals surface area contributed by atoms with E-state index in [9.17, 15) is 0 Å². The van der Waals surface area contributed by atoms with Crippen molar-refractivity contribution < 1.29 is 0 Å². The number of rotatable bonds is 2. The van der Waals surface area contributed by atoms with E-state index < -0.39 is 0 Å². The summed E-state index contributed by atoms with van der Waals surface area (Å²) < 4.78 is 0. The van der Waals surface area contributed by atoms with Crippen LogP contribution < -0.4 is 4.90 Å². The van der Waals surface area contributed by atoms with Crippen molar-refractivity contribution in [3.63, 3.8) is 0 Å². The molecule has 114 valence electrons. The van der Waals surface area contributed by atoms with E-state index in [0.717, 1.165) is 41.8 Å². The monoisotopic (exact) mass is 330 g/mol. The molecule has 0 N–H and O–H groups in total. The Morgan fingerprint density at radius 2 is 1.50 bits per heavy atom. The van der Waals surface area contributed by atoms with Gasteiger partial charge in [-0.3, -0.25) is 0 Å². The van der Waals surface area contributed by atoms with Gasteiger partial charge in [0, 0.05) is 42.5 Å². The molecule has 0 spiro atoms. The van der Waals surface area contributed by atoms with Gasteiger partial charge in [-0.15, -0.1) is 0 Å². The van der Waals surface area contributed by atoms with Crippen molar-refractivity contribution in [3.8, 4) is 0 Å². The van der Waals surface area contributed by atoms with Crippen LogP contribution in [0.5, 0.6) is 0 Å². The first-order valence-electron chi connectivity index (χ1n) is 7.50. The van der Waals surface area contributed by atoms with Crippen molar-refractivity contribution in [1.29, 1.82) is 0 Å². The first-order valence-corrected chi connectivity index (χ1v) is 8.28. The van der Waals surface area contributed by atoms with Crippen molar-refractivity contribution in [2.24, 2.45) is 0 Å². The van der Waals surface area contributed by atoms with Crippen LogP contribution in [-0.2, 0) is 0 Å². The third-order valence-electron chi connectivity index (χ3n) is 4.06. The van der Waals surface area contributed by atoms with Crippen molar-refractivity contribution in [2.75, 3.05) is 31.1 Å². The lowest BCUT2D eigenvalue weighted by atomic mass is 10.1. The summed E-state index contributed by atoms with van der Waals surface area (Å²) in [7, 11) is 0. The molecule has 2 nitrogen and oxygen atoms in total. The molecule has 22 heavy (non-hydrogen) atoms. The molecule has 0 amide bonds. The number of hydrogen-bond donors (Lipinski definition) is 0. The van der Waals surface area contributed by atoms with Crippen molar-refractivity contribution in [2.45, 2.75) is 6.92 Å². The molecule has 0 atom stereocenters. The lowest BCUT2D eigenvalue weighted by Gasteiger charge is -2.37. The van der Waals surface area contributed by atoms with E-state index in [1.54, 1.807) is 0 Å². The fourth-order valence-electron chi connectivity index (χ4n) is 2.70. The van der Waals surface area contributed by atoms with Crippen LogP contribution in [0.3, 0.4) is 0 Å². The molecule has 0 aliphatic carbocycles. The molecule has 1 aliphatic rings. The van der Waals surface area contributed by atoms with Gasteiger partial charge in [-0.1, -0.05) is 53.6 Å². The summed E-state index contributed by atoms with van der Waals surface area (Å²) in [6.07, 6.45) is 0. The number of hydrogen-bond acceptors (Lipinski definition) is 2. The molecule has 2 aromatic rings. The van der Waals surface area contributed by atoms with Crippen LogP contribution >= 0.6 is 23.8 Å². The molecule has 4 heteroatoms. The highest BCUT2D eigenvalue weighted by Crippen LogP contribution is 2.19. The second kappa shape index (κ2) is 6.67. The smallest absolute Gasteiger partial charge is 0.109 e. The summed E-state index contributed by atoms with van der Waals surface area (Å²) in [6.45, 7) is 6.02. The number of thiocarbonyl (C=S) groups is 1. The maximum atomic E-state index is 5.94. The normalized spacial score (nSPS) is 15.0. The topological polar surface area (TPSA) is 6.48 Å². The Hall–Kier alpha value is -1.58. The van der Waals surface area contributed by atoms with Crippen LogP contribution in [0.1, 0.15) is 11.1 Å². The SMILES string of the molecule is Cc1ccc(N2CCN(C(=S)c3ccc(Cl)cc3)CC2)cc1. The molecule has 1 heterocycles. The van der Waals surface area contributed by atoms with E-state index in [0.29, 0.717) is 0 Å². The van der Waals surface area contributed by atoms with Gasteiger partial charge < -0.3 is 9.80 Å². The molecule has 0 aromatic heterocycles. The number of nitrogens with zero attached hydrogens (tertiary/aromatic N) is 2. The Kier molecular flexibility index (Phi) is 4.65. The van der Waals surface area contributed by atoms with E-state index in [1.165, 1.54) is 11.3 Å². The van der Waals surface area contributed by atoms with E-state index in [1.807, 2.05) is 24.3 Å². The predicted molar refractivity (Wildman–Crippen MR) is 98.1 cm³/mol. The largest absolute Gasteiger partial charge is 0.368 e.